The van der Waals surface area contributed by atoms with Crippen molar-refractivity contribution in [2.24, 2.45) is 5.92 Å². The highest BCUT2D eigenvalue weighted by Crippen LogP contribution is 2.05. The lowest BCUT2D eigenvalue weighted by Gasteiger charge is -2.12. The molecule has 3 heteroatoms. The second-order valence-corrected chi connectivity index (χ2v) is 2.27. The summed E-state index contributed by atoms with van der Waals surface area (Å²) in [4.78, 5) is 10.2. The monoisotopic (exact) mass is 162 g/mol. The number of rotatable bonds is 4. The minimum atomic E-state index is -0.199. The van der Waals surface area contributed by atoms with Crippen molar-refractivity contribution in [3.05, 3.63) is 11.6 Å². The standard InChI is InChI=1S/C7H11ClO2/c1-6(5-9)7(10-2)3-4-8/h3-7H,1-2H3/b4-3+. The van der Waals surface area contributed by atoms with E-state index in [1.165, 1.54) is 5.54 Å². The van der Waals surface area contributed by atoms with Gasteiger partial charge < -0.3 is 9.53 Å². The summed E-state index contributed by atoms with van der Waals surface area (Å²) in [7, 11) is 1.54. The van der Waals surface area contributed by atoms with Crippen molar-refractivity contribution < 1.29 is 9.53 Å². The Bertz CT molecular complexity index is 123. The normalized spacial score (nSPS) is 17.1. The average molecular weight is 163 g/mol. The third-order valence-electron chi connectivity index (χ3n) is 1.27. The number of carbonyl (C=O) groups is 1. The summed E-state index contributed by atoms with van der Waals surface area (Å²) in [6.07, 6.45) is 2.28. The Morgan fingerprint density at radius 2 is 2.20 bits per heavy atom. The molecule has 0 aliphatic rings. The molecule has 0 rings (SSSR count). The van der Waals surface area contributed by atoms with Crippen LogP contribution >= 0.6 is 11.6 Å². The topological polar surface area (TPSA) is 26.3 Å². The summed E-state index contributed by atoms with van der Waals surface area (Å²) in [5, 5.41) is 0. The van der Waals surface area contributed by atoms with Crippen LogP contribution in [0, 0.1) is 5.92 Å². The van der Waals surface area contributed by atoms with Crippen LogP contribution in [0.1, 0.15) is 6.92 Å². The van der Waals surface area contributed by atoms with E-state index in [0.717, 1.165) is 6.29 Å². The second kappa shape index (κ2) is 5.45. The fourth-order valence-electron chi connectivity index (χ4n) is 0.618. The lowest BCUT2D eigenvalue weighted by Crippen LogP contribution is -2.18. The zero-order valence-electron chi connectivity index (χ0n) is 6.08. The smallest absolute Gasteiger partial charge is 0.125 e. The van der Waals surface area contributed by atoms with Crippen molar-refractivity contribution in [1.82, 2.24) is 0 Å². The molecule has 0 aromatic heterocycles. The zero-order valence-corrected chi connectivity index (χ0v) is 6.84. The molecule has 0 aliphatic carbocycles. The van der Waals surface area contributed by atoms with Gasteiger partial charge in [0, 0.05) is 18.6 Å². The minimum Gasteiger partial charge on any atom is -0.377 e. The molecule has 0 fully saturated rings. The van der Waals surface area contributed by atoms with Crippen LogP contribution in [0.4, 0.5) is 0 Å². The van der Waals surface area contributed by atoms with Gasteiger partial charge >= 0.3 is 0 Å². The van der Waals surface area contributed by atoms with Crippen molar-refractivity contribution in [1.29, 1.82) is 0 Å². The van der Waals surface area contributed by atoms with Gasteiger partial charge in [-0.1, -0.05) is 18.5 Å². The Labute approximate surface area is 65.8 Å². The van der Waals surface area contributed by atoms with E-state index >= 15 is 0 Å². The summed E-state index contributed by atoms with van der Waals surface area (Å²) in [5.74, 6) is -0.139. The molecule has 2 unspecified atom stereocenters. The van der Waals surface area contributed by atoms with Gasteiger partial charge in [-0.15, -0.1) is 0 Å². The van der Waals surface area contributed by atoms with E-state index in [1.54, 1.807) is 20.1 Å². The number of halogens is 1. The highest BCUT2D eigenvalue weighted by molar-refractivity contribution is 6.25. The molecule has 0 amide bonds. The van der Waals surface area contributed by atoms with Gasteiger partial charge in [0.25, 0.3) is 0 Å². The van der Waals surface area contributed by atoms with E-state index < -0.39 is 0 Å². The zero-order chi connectivity index (χ0) is 7.98. The van der Waals surface area contributed by atoms with E-state index in [-0.39, 0.29) is 12.0 Å². The lowest BCUT2D eigenvalue weighted by atomic mass is 10.1. The van der Waals surface area contributed by atoms with Crippen molar-refractivity contribution in [2.45, 2.75) is 13.0 Å². The number of ether oxygens (including phenoxy) is 1. The summed E-state index contributed by atoms with van der Waals surface area (Å²) in [5.41, 5.74) is 1.36. The number of aldehydes is 1. The predicted molar refractivity (Wildman–Crippen MR) is 41.0 cm³/mol. The maximum Gasteiger partial charge on any atom is 0.125 e. The highest BCUT2D eigenvalue weighted by atomic mass is 35.5. The molecule has 0 bridgehead atoms. The van der Waals surface area contributed by atoms with Gasteiger partial charge in [0.2, 0.25) is 0 Å². The van der Waals surface area contributed by atoms with Crippen molar-refractivity contribution in [3.63, 3.8) is 0 Å². The first-order valence-electron chi connectivity index (χ1n) is 3.01. The molecule has 0 aromatic carbocycles. The maximum absolute atomic E-state index is 10.2. The van der Waals surface area contributed by atoms with Crippen LogP contribution in [0.3, 0.4) is 0 Å². The van der Waals surface area contributed by atoms with Crippen LogP contribution in [0.15, 0.2) is 11.6 Å². The van der Waals surface area contributed by atoms with Crippen LogP contribution in [0.5, 0.6) is 0 Å². The first-order chi connectivity index (χ1) is 4.76. The summed E-state index contributed by atoms with van der Waals surface area (Å²) in [6.45, 7) is 1.78. The Morgan fingerprint density at radius 3 is 2.50 bits per heavy atom. The third kappa shape index (κ3) is 2.99. The minimum absolute atomic E-state index is 0.139. The van der Waals surface area contributed by atoms with E-state index in [4.69, 9.17) is 16.3 Å². The largest absolute Gasteiger partial charge is 0.377 e. The molecule has 2 nitrogen and oxygen atoms in total. The number of hydrogen-bond donors (Lipinski definition) is 0. The Morgan fingerprint density at radius 1 is 1.60 bits per heavy atom. The van der Waals surface area contributed by atoms with Crippen LogP contribution < -0.4 is 0 Å². The molecule has 0 saturated carbocycles. The molecular weight excluding hydrogens is 152 g/mol. The molecular formula is C7H11ClO2. The third-order valence-corrected chi connectivity index (χ3v) is 1.41. The van der Waals surface area contributed by atoms with Gasteiger partial charge in [-0.2, -0.15) is 0 Å². The first kappa shape index (κ1) is 9.66. The number of methoxy groups -OCH3 is 1. The summed E-state index contributed by atoms with van der Waals surface area (Å²) < 4.78 is 4.94. The predicted octanol–water partition coefficient (Wildman–Crippen LogP) is 1.59. The molecule has 0 saturated heterocycles. The number of carbonyl (C=O) groups excluding carboxylic acids is 1. The lowest BCUT2D eigenvalue weighted by molar-refractivity contribution is -0.113. The van der Waals surface area contributed by atoms with Gasteiger partial charge in [-0.3, -0.25) is 0 Å². The molecule has 0 aromatic rings. The average Bonchev–Trinajstić information content (AvgIpc) is 1.99. The molecule has 0 N–H and O–H groups in total. The van der Waals surface area contributed by atoms with Gasteiger partial charge in [0.1, 0.15) is 6.29 Å². The summed E-state index contributed by atoms with van der Waals surface area (Å²) in [6, 6.07) is 0. The molecule has 0 aliphatic heterocycles. The van der Waals surface area contributed by atoms with Crippen LogP contribution in [0.2, 0.25) is 0 Å². The SMILES string of the molecule is COC(/C=C/Cl)C(C)C=O. The van der Waals surface area contributed by atoms with E-state index in [0.29, 0.717) is 0 Å². The Balaban J connectivity index is 3.91. The van der Waals surface area contributed by atoms with Gasteiger partial charge in [0.15, 0.2) is 0 Å². The van der Waals surface area contributed by atoms with Crippen LogP contribution in [-0.2, 0) is 9.53 Å². The highest BCUT2D eigenvalue weighted by Gasteiger charge is 2.11. The molecule has 58 valence electrons. The van der Waals surface area contributed by atoms with E-state index in [9.17, 15) is 4.79 Å². The molecule has 0 radical (unpaired) electrons. The van der Waals surface area contributed by atoms with Gasteiger partial charge in [-0.25, -0.2) is 0 Å². The summed E-state index contributed by atoms with van der Waals surface area (Å²) >= 11 is 5.30. The molecule has 0 spiro atoms. The Hall–Kier alpha value is -0.340. The fourth-order valence-corrected chi connectivity index (χ4v) is 0.761. The van der Waals surface area contributed by atoms with Crippen LogP contribution in [-0.4, -0.2) is 19.5 Å². The van der Waals surface area contributed by atoms with E-state index in [1.807, 2.05) is 0 Å². The first-order valence-corrected chi connectivity index (χ1v) is 3.44. The van der Waals surface area contributed by atoms with Crippen LogP contribution in [0.25, 0.3) is 0 Å². The van der Waals surface area contributed by atoms with Crippen molar-refractivity contribution in [2.75, 3.05) is 7.11 Å². The quantitative estimate of drug-likeness (QED) is 0.587. The van der Waals surface area contributed by atoms with Gasteiger partial charge in [0.05, 0.1) is 6.10 Å². The fraction of sp³-hybridized carbons (Fsp3) is 0.571. The van der Waals surface area contributed by atoms with E-state index in [2.05, 4.69) is 0 Å². The van der Waals surface area contributed by atoms with Crippen molar-refractivity contribution in [3.8, 4) is 0 Å². The molecule has 10 heavy (non-hydrogen) atoms. The van der Waals surface area contributed by atoms with Gasteiger partial charge in [-0.05, 0) is 6.08 Å². The number of hydrogen-bond acceptors (Lipinski definition) is 2. The van der Waals surface area contributed by atoms with Crippen molar-refractivity contribution >= 4 is 17.9 Å². The second-order valence-electron chi connectivity index (χ2n) is 2.01. The molecule has 0 heterocycles. The Kier molecular flexibility index (Phi) is 5.26. The molecule has 2 atom stereocenters. The maximum atomic E-state index is 10.2.